The molecule has 47 heavy (non-hydrogen) atoms. The first-order valence-electron chi connectivity index (χ1n) is 15.7. The van der Waals surface area contributed by atoms with Crippen molar-refractivity contribution >= 4 is 32.6 Å². The van der Waals surface area contributed by atoms with Crippen molar-refractivity contribution in [1.82, 2.24) is 15.0 Å². The first-order chi connectivity index (χ1) is 23.2. The minimum atomic E-state index is 0.630. The Kier molecular flexibility index (Phi) is 6.43. The van der Waals surface area contributed by atoms with Gasteiger partial charge in [0, 0.05) is 27.6 Å². The molecule has 4 heteroatoms. The standard InChI is InChI=1S/C43H27N3O/c1-3-11-29(12-4-1)38-27-39(35-19-18-28-10-7-8-15-31(28)25-35)45-42(44-38)36-17-9-16-32(26-36)33-20-22-37-34(24-33)21-23-40-41(37)46-43(47-40)30-13-5-2-6-14-30/h1-27H. The first-order valence-corrected chi connectivity index (χ1v) is 15.7. The van der Waals surface area contributed by atoms with Gasteiger partial charge >= 0.3 is 0 Å². The average molecular weight is 602 g/mol. The highest BCUT2D eigenvalue weighted by atomic mass is 16.3. The maximum Gasteiger partial charge on any atom is 0.227 e. The van der Waals surface area contributed by atoms with Gasteiger partial charge in [-0.25, -0.2) is 15.0 Å². The summed E-state index contributed by atoms with van der Waals surface area (Å²) >= 11 is 0. The van der Waals surface area contributed by atoms with Crippen LogP contribution in [0.25, 0.3) is 89.1 Å². The van der Waals surface area contributed by atoms with E-state index in [1.165, 1.54) is 10.8 Å². The second kappa shape index (κ2) is 11.2. The summed E-state index contributed by atoms with van der Waals surface area (Å²) in [4.78, 5) is 15.1. The lowest BCUT2D eigenvalue weighted by atomic mass is 9.98. The van der Waals surface area contributed by atoms with E-state index >= 15 is 0 Å². The maximum atomic E-state index is 6.12. The smallest absolute Gasteiger partial charge is 0.227 e. The van der Waals surface area contributed by atoms with Gasteiger partial charge in [0.1, 0.15) is 5.52 Å². The summed E-state index contributed by atoms with van der Waals surface area (Å²) in [7, 11) is 0. The van der Waals surface area contributed by atoms with Crippen molar-refractivity contribution in [2.45, 2.75) is 0 Å². The molecule has 0 amide bonds. The third-order valence-electron chi connectivity index (χ3n) is 8.69. The van der Waals surface area contributed by atoms with Crippen molar-refractivity contribution in [3.05, 3.63) is 164 Å². The van der Waals surface area contributed by atoms with Gasteiger partial charge in [0.05, 0.1) is 11.4 Å². The molecule has 4 nitrogen and oxygen atoms in total. The fourth-order valence-electron chi connectivity index (χ4n) is 6.27. The Balaban J connectivity index is 1.13. The van der Waals surface area contributed by atoms with Gasteiger partial charge in [-0.3, -0.25) is 0 Å². The lowest BCUT2D eigenvalue weighted by Gasteiger charge is -2.11. The summed E-state index contributed by atoms with van der Waals surface area (Å²) in [6, 6.07) is 56.4. The van der Waals surface area contributed by atoms with Crippen LogP contribution >= 0.6 is 0 Å². The van der Waals surface area contributed by atoms with Gasteiger partial charge in [-0.05, 0) is 69.8 Å². The predicted octanol–water partition coefficient (Wildman–Crippen LogP) is 11.3. The Hall–Kier alpha value is -6.39. The minimum Gasteiger partial charge on any atom is -0.436 e. The van der Waals surface area contributed by atoms with Gasteiger partial charge in [-0.15, -0.1) is 0 Å². The fourth-order valence-corrected chi connectivity index (χ4v) is 6.27. The molecule has 0 aliphatic heterocycles. The lowest BCUT2D eigenvalue weighted by molar-refractivity contribution is 0.620. The van der Waals surface area contributed by atoms with E-state index in [0.717, 1.165) is 66.6 Å². The molecular weight excluding hydrogens is 574 g/mol. The van der Waals surface area contributed by atoms with Crippen LogP contribution in [0.4, 0.5) is 0 Å². The van der Waals surface area contributed by atoms with E-state index in [1.54, 1.807) is 0 Å². The lowest BCUT2D eigenvalue weighted by Crippen LogP contribution is -1.96. The van der Waals surface area contributed by atoms with Crippen molar-refractivity contribution in [2.75, 3.05) is 0 Å². The normalized spacial score (nSPS) is 11.4. The van der Waals surface area contributed by atoms with E-state index in [-0.39, 0.29) is 0 Å². The van der Waals surface area contributed by atoms with Crippen LogP contribution in [0.1, 0.15) is 0 Å². The van der Waals surface area contributed by atoms with E-state index in [9.17, 15) is 0 Å². The molecule has 0 radical (unpaired) electrons. The van der Waals surface area contributed by atoms with Crippen LogP contribution < -0.4 is 0 Å². The van der Waals surface area contributed by atoms with Crippen LogP contribution in [0, 0.1) is 0 Å². The molecule has 0 fully saturated rings. The maximum absolute atomic E-state index is 6.12. The van der Waals surface area contributed by atoms with Gasteiger partial charge in [0.15, 0.2) is 11.4 Å². The van der Waals surface area contributed by atoms with Crippen molar-refractivity contribution in [1.29, 1.82) is 0 Å². The summed E-state index contributed by atoms with van der Waals surface area (Å²) in [5.74, 6) is 1.32. The first kappa shape index (κ1) is 27.0. The number of hydrogen-bond donors (Lipinski definition) is 0. The second-order valence-electron chi connectivity index (χ2n) is 11.7. The highest BCUT2D eigenvalue weighted by molar-refractivity contribution is 6.05. The monoisotopic (exact) mass is 601 g/mol. The van der Waals surface area contributed by atoms with Gasteiger partial charge < -0.3 is 4.42 Å². The van der Waals surface area contributed by atoms with Crippen LogP contribution in [-0.2, 0) is 0 Å². The molecule has 9 rings (SSSR count). The Morgan fingerprint density at radius 1 is 0.362 bits per heavy atom. The van der Waals surface area contributed by atoms with E-state index < -0.39 is 0 Å². The van der Waals surface area contributed by atoms with Crippen molar-refractivity contribution in [3.8, 4) is 56.5 Å². The highest BCUT2D eigenvalue weighted by Gasteiger charge is 2.14. The van der Waals surface area contributed by atoms with E-state index in [0.29, 0.717) is 11.7 Å². The number of benzene rings is 7. The van der Waals surface area contributed by atoms with Gasteiger partial charge in [0.2, 0.25) is 5.89 Å². The van der Waals surface area contributed by atoms with E-state index in [1.807, 2.05) is 54.6 Å². The van der Waals surface area contributed by atoms with Gasteiger partial charge in [0.25, 0.3) is 0 Å². The molecule has 0 atom stereocenters. The van der Waals surface area contributed by atoms with Gasteiger partial charge in [-0.2, -0.15) is 0 Å². The highest BCUT2D eigenvalue weighted by Crippen LogP contribution is 2.34. The molecule has 0 spiro atoms. The second-order valence-corrected chi connectivity index (χ2v) is 11.7. The molecule has 0 N–H and O–H groups in total. The van der Waals surface area contributed by atoms with Crippen LogP contribution in [0.5, 0.6) is 0 Å². The Labute approximate surface area is 271 Å². The molecular formula is C43H27N3O. The number of rotatable bonds is 5. The molecule has 9 aromatic rings. The molecule has 0 bridgehead atoms. The summed E-state index contributed by atoms with van der Waals surface area (Å²) < 4.78 is 6.12. The third kappa shape index (κ3) is 5.02. The molecule has 220 valence electrons. The third-order valence-corrected chi connectivity index (χ3v) is 8.69. The molecule has 0 saturated heterocycles. The number of aromatic nitrogens is 3. The largest absolute Gasteiger partial charge is 0.436 e. The molecule has 0 unspecified atom stereocenters. The minimum absolute atomic E-state index is 0.630. The molecule has 0 aliphatic rings. The van der Waals surface area contributed by atoms with E-state index in [4.69, 9.17) is 19.4 Å². The number of fused-ring (bicyclic) bond motifs is 4. The topological polar surface area (TPSA) is 51.8 Å². The van der Waals surface area contributed by atoms with Crippen molar-refractivity contribution in [2.24, 2.45) is 0 Å². The Morgan fingerprint density at radius 3 is 1.81 bits per heavy atom. The van der Waals surface area contributed by atoms with E-state index in [2.05, 4.69) is 109 Å². The summed E-state index contributed by atoms with van der Waals surface area (Å²) in [5, 5.41) is 4.56. The van der Waals surface area contributed by atoms with Gasteiger partial charge in [-0.1, -0.05) is 121 Å². The van der Waals surface area contributed by atoms with Crippen molar-refractivity contribution in [3.63, 3.8) is 0 Å². The van der Waals surface area contributed by atoms with Crippen LogP contribution in [0.15, 0.2) is 168 Å². The Morgan fingerprint density at radius 2 is 0.979 bits per heavy atom. The molecule has 2 aromatic heterocycles. The summed E-state index contributed by atoms with van der Waals surface area (Å²) in [5.41, 5.74) is 9.68. The zero-order valence-corrected chi connectivity index (χ0v) is 25.3. The summed E-state index contributed by atoms with van der Waals surface area (Å²) in [6.45, 7) is 0. The summed E-state index contributed by atoms with van der Waals surface area (Å²) in [6.07, 6.45) is 0. The molecule has 0 saturated carbocycles. The van der Waals surface area contributed by atoms with Crippen LogP contribution in [0.2, 0.25) is 0 Å². The van der Waals surface area contributed by atoms with Crippen LogP contribution in [-0.4, -0.2) is 15.0 Å². The molecule has 2 heterocycles. The zero-order valence-electron chi connectivity index (χ0n) is 25.3. The molecule has 0 aliphatic carbocycles. The number of oxazole rings is 1. The number of hydrogen-bond acceptors (Lipinski definition) is 4. The molecule has 7 aromatic carbocycles. The zero-order chi connectivity index (χ0) is 31.2. The Bertz CT molecular complexity index is 2570. The predicted molar refractivity (Wildman–Crippen MR) is 192 cm³/mol. The number of nitrogens with zero attached hydrogens (tertiary/aromatic N) is 3. The fraction of sp³-hybridized carbons (Fsp3) is 0. The average Bonchev–Trinajstić information content (AvgIpc) is 3.60. The van der Waals surface area contributed by atoms with Crippen molar-refractivity contribution < 1.29 is 4.42 Å². The quantitative estimate of drug-likeness (QED) is 0.197. The van der Waals surface area contributed by atoms with Crippen LogP contribution in [0.3, 0.4) is 0 Å². The SMILES string of the molecule is c1ccc(-c2cc(-c3ccc4ccccc4c3)nc(-c3cccc(-c4ccc5c(ccc6oc(-c7ccccc7)nc65)c4)c3)n2)cc1.